The van der Waals surface area contributed by atoms with Gasteiger partial charge in [0.2, 0.25) is 5.91 Å². The van der Waals surface area contributed by atoms with Crippen molar-refractivity contribution >= 4 is 37.7 Å². The molecule has 0 bridgehead atoms. The van der Waals surface area contributed by atoms with Crippen molar-refractivity contribution in [2.24, 2.45) is 0 Å². The predicted molar refractivity (Wildman–Crippen MR) is 121 cm³/mol. The molecular weight excluding hydrogens is 430 g/mol. The molecule has 1 aliphatic heterocycles. The van der Waals surface area contributed by atoms with Crippen LogP contribution in [0.3, 0.4) is 0 Å². The molecule has 2 aromatic heterocycles. The molecule has 2 aromatic carbocycles. The minimum atomic E-state index is -3.11. The largest absolute Gasteiger partial charge is 0.464 e. The van der Waals surface area contributed by atoms with Crippen molar-refractivity contribution in [1.82, 2.24) is 5.32 Å². The molecular formula is C24H21NO6S. The average Bonchev–Trinajstić information content (AvgIpc) is 3.32. The third kappa shape index (κ3) is 3.71. The van der Waals surface area contributed by atoms with Crippen molar-refractivity contribution in [3.05, 3.63) is 70.3 Å². The zero-order valence-electron chi connectivity index (χ0n) is 17.4. The van der Waals surface area contributed by atoms with E-state index in [1.54, 1.807) is 19.3 Å². The summed E-state index contributed by atoms with van der Waals surface area (Å²) in [5.74, 6) is -0.388. The van der Waals surface area contributed by atoms with Gasteiger partial charge in [0.1, 0.15) is 11.2 Å². The number of carbonyl (C=O) groups is 1. The molecule has 0 aliphatic carbocycles. The molecule has 0 radical (unpaired) electrons. The average molecular weight is 452 g/mol. The Balaban J connectivity index is 1.52. The van der Waals surface area contributed by atoms with E-state index < -0.39 is 27.4 Å². The maximum absolute atomic E-state index is 12.6. The van der Waals surface area contributed by atoms with E-state index in [9.17, 15) is 18.0 Å². The highest BCUT2D eigenvalue weighted by molar-refractivity contribution is 7.91. The Kier molecular flexibility index (Phi) is 4.89. The predicted octanol–water partition coefficient (Wildman–Crippen LogP) is 3.36. The molecule has 32 heavy (non-hydrogen) atoms. The number of rotatable bonds is 4. The van der Waals surface area contributed by atoms with Crippen LogP contribution in [-0.4, -0.2) is 31.9 Å². The molecule has 7 nitrogen and oxygen atoms in total. The Bertz CT molecular complexity index is 1520. The van der Waals surface area contributed by atoms with Crippen LogP contribution >= 0.6 is 0 Å². The second kappa shape index (κ2) is 7.63. The van der Waals surface area contributed by atoms with Crippen molar-refractivity contribution in [2.75, 3.05) is 11.5 Å². The summed E-state index contributed by atoms with van der Waals surface area (Å²) < 4.78 is 34.5. The minimum absolute atomic E-state index is 0.0647. The summed E-state index contributed by atoms with van der Waals surface area (Å²) in [6.07, 6.45) is 1.89. The number of furan rings is 1. The zero-order valence-corrected chi connectivity index (χ0v) is 18.2. The van der Waals surface area contributed by atoms with Crippen molar-refractivity contribution in [3.63, 3.8) is 0 Å². The molecule has 1 amide bonds. The Morgan fingerprint density at radius 3 is 2.62 bits per heavy atom. The summed E-state index contributed by atoms with van der Waals surface area (Å²) >= 11 is 0. The highest BCUT2D eigenvalue weighted by atomic mass is 32.2. The van der Waals surface area contributed by atoms with E-state index in [0.29, 0.717) is 23.2 Å². The number of benzene rings is 2. The fourth-order valence-corrected chi connectivity index (χ4v) is 5.98. The van der Waals surface area contributed by atoms with Gasteiger partial charge in [0, 0.05) is 28.4 Å². The number of fused-ring (bicyclic) bond motifs is 2. The van der Waals surface area contributed by atoms with Crippen LogP contribution in [0.4, 0.5) is 0 Å². The lowest BCUT2D eigenvalue weighted by atomic mass is 9.99. The lowest BCUT2D eigenvalue weighted by Gasteiger charge is -2.12. The molecule has 1 atom stereocenters. The standard InChI is InChI=1S/C24H21NO6S/c1-14-17-9-19-20(15-5-3-2-4-6-15)12-30-21(19)11-22(17)31-24(27)18(14)10-23(26)25-16-7-8-32(28,29)13-16/h2-6,9,11-12,16H,7-8,10,13H2,1H3,(H,25,26)/t16-/m0/s1. The zero-order chi connectivity index (χ0) is 22.5. The second-order valence-electron chi connectivity index (χ2n) is 8.20. The molecule has 4 aromatic rings. The molecule has 164 valence electrons. The summed E-state index contributed by atoms with van der Waals surface area (Å²) in [7, 11) is -3.11. The van der Waals surface area contributed by atoms with Gasteiger partial charge in [0.15, 0.2) is 9.84 Å². The second-order valence-corrected chi connectivity index (χ2v) is 10.4. The van der Waals surface area contributed by atoms with E-state index in [1.807, 2.05) is 36.4 Å². The first kappa shape index (κ1) is 20.5. The molecule has 3 heterocycles. The molecule has 1 aliphatic rings. The van der Waals surface area contributed by atoms with E-state index in [0.717, 1.165) is 21.9 Å². The first-order valence-corrected chi connectivity index (χ1v) is 12.2. The summed E-state index contributed by atoms with van der Waals surface area (Å²) in [5, 5.41) is 4.33. The van der Waals surface area contributed by atoms with E-state index in [-0.39, 0.29) is 23.5 Å². The SMILES string of the molecule is Cc1c(CC(=O)N[C@H]2CCS(=O)(=O)C2)c(=O)oc2cc3occ(-c4ccccc4)c3cc12. The molecule has 1 fully saturated rings. The summed E-state index contributed by atoms with van der Waals surface area (Å²) in [5.41, 5.74) is 3.26. The molecule has 1 N–H and O–H groups in total. The highest BCUT2D eigenvalue weighted by Gasteiger charge is 2.29. The number of hydrogen-bond acceptors (Lipinski definition) is 6. The van der Waals surface area contributed by atoms with Crippen LogP contribution in [0, 0.1) is 6.92 Å². The molecule has 5 rings (SSSR count). The fourth-order valence-electron chi connectivity index (χ4n) is 4.30. The lowest BCUT2D eigenvalue weighted by molar-refractivity contribution is -0.121. The minimum Gasteiger partial charge on any atom is -0.464 e. The van der Waals surface area contributed by atoms with Gasteiger partial charge in [0.25, 0.3) is 0 Å². The molecule has 1 saturated heterocycles. The van der Waals surface area contributed by atoms with Gasteiger partial charge in [-0.15, -0.1) is 0 Å². The third-order valence-corrected chi connectivity index (χ3v) is 7.77. The van der Waals surface area contributed by atoms with Gasteiger partial charge in [0.05, 0.1) is 29.8 Å². The van der Waals surface area contributed by atoms with Crippen molar-refractivity contribution in [1.29, 1.82) is 0 Å². The molecule has 0 unspecified atom stereocenters. The summed E-state index contributed by atoms with van der Waals surface area (Å²) in [6, 6.07) is 13.0. The number of carbonyl (C=O) groups excluding carboxylic acids is 1. The normalized spacial score (nSPS) is 17.7. The number of nitrogens with one attached hydrogen (secondary N) is 1. The first-order chi connectivity index (χ1) is 15.3. The fraction of sp³-hybridized carbons (Fsp3) is 0.250. The number of hydrogen-bond donors (Lipinski definition) is 1. The third-order valence-electron chi connectivity index (χ3n) is 6.00. The number of aryl methyl sites for hydroxylation is 1. The van der Waals surface area contributed by atoms with Crippen LogP contribution in [0.2, 0.25) is 0 Å². The van der Waals surface area contributed by atoms with Crippen LogP contribution in [-0.2, 0) is 21.1 Å². The first-order valence-electron chi connectivity index (χ1n) is 10.3. The van der Waals surface area contributed by atoms with E-state index in [1.165, 1.54) is 0 Å². The Hall–Kier alpha value is -3.39. The van der Waals surface area contributed by atoms with Crippen LogP contribution < -0.4 is 10.9 Å². The van der Waals surface area contributed by atoms with Gasteiger partial charge in [-0.1, -0.05) is 30.3 Å². The van der Waals surface area contributed by atoms with Crippen molar-refractivity contribution in [3.8, 4) is 11.1 Å². The van der Waals surface area contributed by atoms with E-state index >= 15 is 0 Å². The van der Waals surface area contributed by atoms with Gasteiger partial charge in [-0.05, 0) is 30.5 Å². The Labute approximate surface area is 183 Å². The smallest absolute Gasteiger partial charge is 0.340 e. The van der Waals surface area contributed by atoms with Crippen LogP contribution in [0.25, 0.3) is 33.1 Å². The van der Waals surface area contributed by atoms with Crippen molar-refractivity contribution < 1.29 is 22.0 Å². The van der Waals surface area contributed by atoms with Gasteiger partial charge < -0.3 is 14.2 Å². The van der Waals surface area contributed by atoms with Gasteiger partial charge >= 0.3 is 5.63 Å². The van der Waals surface area contributed by atoms with E-state index in [4.69, 9.17) is 8.83 Å². The number of sulfone groups is 1. The topological polar surface area (TPSA) is 107 Å². The Morgan fingerprint density at radius 1 is 1.12 bits per heavy atom. The molecule has 8 heteroatoms. The quantitative estimate of drug-likeness (QED) is 0.477. The van der Waals surface area contributed by atoms with Crippen LogP contribution in [0.15, 0.2) is 62.4 Å². The highest BCUT2D eigenvalue weighted by Crippen LogP contribution is 2.34. The lowest BCUT2D eigenvalue weighted by Crippen LogP contribution is -2.37. The monoisotopic (exact) mass is 451 g/mol. The molecule has 0 spiro atoms. The summed E-state index contributed by atoms with van der Waals surface area (Å²) in [6.45, 7) is 1.79. The maximum Gasteiger partial charge on any atom is 0.340 e. The van der Waals surface area contributed by atoms with Gasteiger partial charge in [-0.3, -0.25) is 4.79 Å². The molecule has 0 saturated carbocycles. The summed E-state index contributed by atoms with van der Waals surface area (Å²) in [4.78, 5) is 25.1. The Morgan fingerprint density at radius 2 is 1.91 bits per heavy atom. The van der Waals surface area contributed by atoms with Gasteiger partial charge in [-0.25, -0.2) is 13.2 Å². The van der Waals surface area contributed by atoms with Crippen LogP contribution in [0.5, 0.6) is 0 Å². The van der Waals surface area contributed by atoms with Crippen molar-refractivity contribution in [2.45, 2.75) is 25.8 Å². The number of amides is 1. The van der Waals surface area contributed by atoms with Crippen LogP contribution in [0.1, 0.15) is 17.5 Å². The van der Waals surface area contributed by atoms with E-state index in [2.05, 4.69) is 5.32 Å². The maximum atomic E-state index is 12.6. The van der Waals surface area contributed by atoms with Gasteiger partial charge in [-0.2, -0.15) is 0 Å².